The van der Waals surface area contributed by atoms with Crippen LogP contribution in [0.15, 0.2) is 24.3 Å². The fourth-order valence-corrected chi connectivity index (χ4v) is 3.05. The molecule has 98 valence electrons. The fourth-order valence-electron chi connectivity index (χ4n) is 1.82. The highest BCUT2D eigenvalue weighted by atomic mass is 32.2. The van der Waals surface area contributed by atoms with Crippen molar-refractivity contribution in [1.82, 2.24) is 5.32 Å². The van der Waals surface area contributed by atoms with Crippen LogP contribution in [0.25, 0.3) is 0 Å². The lowest BCUT2D eigenvalue weighted by atomic mass is 10.2. The molecule has 0 amide bonds. The van der Waals surface area contributed by atoms with E-state index in [9.17, 15) is 4.79 Å². The van der Waals surface area contributed by atoms with Crippen molar-refractivity contribution in [2.75, 3.05) is 19.5 Å². The number of thioether (sulfide) groups is 1. The SMILES string of the molecule is CCOC(=O)C1CSC(c2ccc(OC)cc2)N1. The highest BCUT2D eigenvalue weighted by Gasteiger charge is 2.31. The van der Waals surface area contributed by atoms with E-state index in [4.69, 9.17) is 9.47 Å². The summed E-state index contributed by atoms with van der Waals surface area (Å²) in [6, 6.07) is 7.67. The Hall–Kier alpha value is -1.20. The van der Waals surface area contributed by atoms with Crippen LogP contribution >= 0.6 is 11.8 Å². The van der Waals surface area contributed by atoms with Crippen LogP contribution in [0.4, 0.5) is 0 Å². The number of carbonyl (C=O) groups is 1. The number of hydrogen-bond acceptors (Lipinski definition) is 5. The third-order valence-electron chi connectivity index (χ3n) is 2.77. The molecule has 4 nitrogen and oxygen atoms in total. The highest BCUT2D eigenvalue weighted by Crippen LogP contribution is 2.33. The lowest BCUT2D eigenvalue weighted by Crippen LogP contribution is -2.35. The average molecular weight is 267 g/mol. The summed E-state index contributed by atoms with van der Waals surface area (Å²) in [4.78, 5) is 11.6. The first-order valence-corrected chi connectivity index (χ1v) is 6.97. The maximum atomic E-state index is 11.6. The van der Waals surface area contributed by atoms with Crippen molar-refractivity contribution in [3.05, 3.63) is 29.8 Å². The summed E-state index contributed by atoms with van der Waals surface area (Å²) in [5, 5.41) is 3.42. The quantitative estimate of drug-likeness (QED) is 0.845. The molecule has 0 saturated carbocycles. The number of benzene rings is 1. The van der Waals surface area contributed by atoms with E-state index in [-0.39, 0.29) is 17.4 Å². The Morgan fingerprint density at radius 1 is 1.44 bits per heavy atom. The third kappa shape index (κ3) is 2.97. The van der Waals surface area contributed by atoms with E-state index in [1.165, 1.54) is 0 Å². The summed E-state index contributed by atoms with van der Waals surface area (Å²) in [5.74, 6) is 1.42. The van der Waals surface area contributed by atoms with Crippen molar-refractivity contribution in [2.45, 2.75) is 18.3 Å². The summed E-state index contributed by atoms with van der Waals surface area (Å²) >= 11 is 1.72. The second kappa shape index (κ2) is 6.11. The molecule has 2 atom stereocenters. The smallest absolute Gasteiger partial charge is 0.324 e. The summed E-state index contributed by atoms with van der Waals surface area (Å²) in [5.41, 5.74) is 1.15. The maximum Gasteiger partial charge on any atom is 0.324 e. The average Bonchev–Trinajstić information content (AvgIpc) is 2.89. The number of methoxy groups -OCH3 is 1. The number of ether oxygens (including phenoxy) is 2. The number of hydrogen-bond donors (Lipinski definition) is 1. The van der Waals surface area contributed by atoms with Crippen LogP contribution in [0.3, 0.4) is 0 Å². The zero-order chi connectivity index (χ0) is 13.0. The first kappa shape index (κ1) is 13.2. The van der Waals surface area contributed by atoms with Crippen molar-refractivity contribution in [3.8, 4) is 5.75 Å². The van der Waals surface area contributed by atoms with Crippen molar-refractivity contribution in [2.24, 2.45) is 0 Å². The fraction of sp³-hybridized carbons (Fsp3) is 0.462. The molecule has 1 aliphatic rings. The van der Waals surface area contributed by atoms with Crippen molar-refractivity contribution in [3.63, 3.8) is 0 Å². The Bertz CT molecular complexity index is 407. The number of esters is 1. The van der Waals surface area contributed by atoms with Crippen LogP contribution in [0, 0.1) is 0 Å². The molecule has 5 heteroatoms. The summed E-state index contributed by atoms with van der Waals surface area (Å²) in [6.07, 6.45) is 0. The van der Waals surface area contributed by atoms with E-state index < -0.39 is 0 Å². The second-order valence-corrected chi connectivity index (χ2v) is 5.10. The number of rotatable bonds is 4. The molecule has 1 aliphatic heterocycles. The van der Waals surface area contributed by atoms with Crippen LogP contribution < -0.4 is 10.1 Å². The van der Waals surface area contributed by atoms with Gasteiger partial charge in [0, 0.05) is 5.75 Å². The molecule has 0 spiro atoms. The predicted octanol–water partition coefficient (Wildman–Crippen LogP) is 1.96. The Morgan fingerprint density at radius 2 is 2.17 bits per heavy atom. The van der Waals surface area contributed by atoms with Gasteiger partial charge in [-0.25, -0.2) is 0 Å². The number of nitrogens with one attached hydrogen (secondary N) is 1. The molecule has 1 N–H and O–H groups in total. The van der Waals surface area contributed by atoms with Gasteiger partial charge < -0.3 is 9.47 Å². The summed E-state index contributed by atoms with van der Waals surface area (Å²) in [6.45, 7) is 2.25. The molecular formula is C13H17NO3S. The van der Waals surface area contributed by atoms with E-state index in [1.54, 1.807) is 18.9 Å². The van der Waals surface area contributed by atoms with Crippen LogP contribution in [0.1, 0.15) is 17.9 Å². The maximum absolute atomic E-state index is 11.6. The van der Waals surface area contributed by atoms with E-state index in [1.807, 2.05) is 31.2 Å². The third-order valence-corrected chi connectivity index (χ3v) is 4.04. The van der Waals surface area contributed by atoms with E-state index in [0.717, 1.165) is 17.1 Å². The van der Waals surface area contributed by atoms with Gasteiger partial charge in [0.15, 0.2) is 0 Å². The van der Waals surface area contributed by atoms with Gasteiger partial charge in [0.1, 0.15) is 11.8 Å². The van der Waals surface area contributed by atoms with Gasteiger partial charge in [-0.2, -0.15) is 0 Å². The second-order valence-electron chi connectivity index (χ2n) is 3.96. The van der Waals surface area contributed by atoms with Crippen LogP contribution in [0.2, 0.25) is 0 Å². The van der Waals surface area contributed by atoms with Gasteiger partial charge in [-0.15, -0.1) is 11.8 Å². The minimum absolute atomic E-state index is 0.144. The van der Waals surface area contributed by atoms with Crippen molar-refractivity contribution >= 4 is 17.7 Å². The summed E-state index contributed by atoms with van der Waals surface area (Å²) in [7, 11) is 1.65. The predicted molar refractivity (Wildman–Crippen MR) is 71.7 cm³/mol. The van der Waals surface area contributed by atoms with Gasteiger partial charge in [0.05, 0.1) is 19.1 Å². The minimum Gasteiger partial charge on any atom is -0.497 e. The van der Waals surface area contributed by atoms with E-state index in [2.05, 4.69) is 5.32 Å². The molecule has 0 aliphatic carbocycles. The monoisotopic (exact) mass is 267 g/mol. The molecule has 1 saturated heterocycles. The standard InChI is InChI=1S/C13H17NO3S/c1-3-17-13(15)11-8-18-12(14-11)9-4-6-10(16-2)7-5-9/h4-7,11-12,14H,3,8H2,1-2H3. The Labute approximate surface area is 111 Å². The Morgan fingerprint density at radius 3 is 2.78 bits per heavy atom. The van der Waals surface area contributed by atoms with Gasteiger partial charge in [-0.3, -0.25) is 10.1 Å². The zero-order valence-corrected chi connectivity index (χ0v) is 11.3. The lowest BCUT2D eigenvalue weighted by molar-refractivity contribution is -0.144. The van der Waals surface area contributed by atoms with Crippen molar-refractivity contribution < 1.29 is 14.3 Å². The molecule has 1 heterocycles. The van der Waals surface area contributed by atoms with Crippen LogP contribution in [0.5, 0.6) is 5.75 Å². The first-order chi connectivity index (χ1) is 8.74. The molecule has 0 bridgehead atoms. The zero-order valence-electron chi connectivity index (χ0n) is 10.5. The van der Waals surface area contributed by atoms with Gasteiger partial charge in [-0.05, 0) is 24.6 Å². The van der Waals surface area contributed by atoms with Gasteiger partial charge in [0.2, 0.25) is 0 Å². The first-order valence-electron chi connectivity index (χ1n) is 5.93. The highest BCUT2D eigenvalue weighted by molar-refractivity contribution is 7.99. The summed E-state index contributed by atoms with van der Waals surface area (Å²) < 4.78 is 10.1. The van der Waals surface area contributed by atoms with Crippen molar-refractivity contribution in [1.29, 1.82) is 0 Å². The molecule has 1 aromatic carbocycles. The van der Waals surface area contributed by atoms with Gasteiger partial charge in [-0.1, -0.05) is 12.1 Å². The van der Waals surface area contributed by atoms with E-state index in [0.29, 0.717) is 6.61 Å². The molecule has 2 rings (SSSR count). The van der Waals surface area contributed by atoms with Crippen LogP contribution in [-0.4, -0.2) is 31.5 Å². The lowest BCUT2D eigenvalue weighted by Gasteiger charge is -2.13. The topological polar surface area (TPSA) is 47.6 Å². The Balaban J connectivity index is 1.97. The Kier molecular flexibility index (Phi) is 4.49. The molecule has 2 unspecified atom stereocenters. The molecule has 18 heavy (non-hydrogen) atoms. The molecule has 0 aromatic heterocycles. The molecule has 0 radical (unpaired) electrons. The van der Waals surface area contributed by atoms with Crippen LogP contribution in [-0.2, 0) is 9.53 Å². The van der Waals surface area contributed by atoms with Gasteiger partial charge >= 0.3 is 5.97 Å². The minimum atomic E-state index is -0.206. The number of carbonyl (C=O) groups excluding carboxylic acids is 1. The van der Waals surface area contributed by atoms with Gasteiger partial charge in [0.25, 0.3) is 0 Å². The molecule has 1 aromatic rings. The largest absolute Gasteiger partial charge is 0.497 e. The molecular weight excluding hydrogens is 250 g/mol. The van der Waals surface area contributed by atoms with E-state index >= 15 is 0 Å². The molecule has 1 fully saturated rings. The normalized spacial score (nSPS) is 22.8.